The number of nitrogens with zero attached hydrogens (tertiary/aromatic N) is 3. The molecule has 0 N–H and O–H groups in total. The van der Waals surface area contributed by atoms with Gasteiger partial charge in [-0.25, -0.2) is 15.0 Å². The largest absolute Gasteiger partial charge is 0.456 e. The van der Waals surface area contributed by atoms with Gasteiger partial charge in [0, 0.05) is 27.5 Å². The molecule has 8 rings (SSSR count). The highest BCUT2D eigenvalue weighted by Gasteiger charge is 2.22. The summed E-state index contributed by atoms with van der Waals surface area (Å²) in [6.45, 7) is 0. The lowest BCUT2D eigenvalue weighted by molar-refractivity contribution is 0.669. The van der Waals surface area contributed by atoms with Crippen LogP contribution < -0.4 is 0 Å². The second-order valence-electron chi connectivity index (χ2n) is 10.3. The number of furan rings is 1. The Bertz CT molecular complexity index is 2160. The quantitative estimate of drug-likeness (QED) is 0.229. The van der Waals surface area contributed by atoms with Crippen molar-refractivity contribution in [2.24, 2.45) is 0 Å². The Labute approximate surface area is 237 Å². The van der Waals surface area contributed by atoms with E-state index in [1.54, 1.807) is 0 Å². The lowest BCUT2D eigenvalue weighted by atomic mass is 9.93. The van der Waals surface area contributed by atoms with Crippen LogP contribution in [0.15, 0.2) is 132 Å². The van der Waals surface area contributed by atoms with Gasteiger partial charge in [0.25, 0.3) is 0 Å². The highest BCUT2D eigenvalue weighted by molar-refractivity contribution is 6.15. The average Bonchev–Trinajstić information content (AvgIpc) is 3.43. The molecule has 1 aliphatic rings. The summed E-state index contributed by atoms with van der Waals surface area (Å²) in [6.07, 6.45) is 8.52. The van der Waals surface area contributed by atoms with Gasteiger partial charge in [-0.05, 0) is 59.0 Å². The Morgan fingerprint density at radius 2 is 1.34 bits per heavy atom. The minimum Gasteiger partial charge on any atom is -0.456 e. The molecule has 0 unspecified atom stereocenters. The van der Waals surface area contributed by atoms with Gasteiger partial charge in [0.1, 0.15) is 11.2 Å². The Kier molecular flexibility index (Phi) is 5.56. The van der Waals surface area contributed by atoms with Crippen LogP contribution in [0.4, 0.5) is 0 Å². The van der Waals surface area contributed by atoms with E-state index in [4.69, 9.17) is 19.4 Å². The Balaban J connectivity index is 1.47. The number of allylic oxidation sites excluding steroid dienone is 4. The van der Waals surface area contributed by atoms with E-state index in [-0.39, 0.29) is 0 Å². The van der Waals surface area contributed by atoms with E-state index in [0.29, 0.717) is 17.5 Å². The van der Waals surface area contributed by atoms with Gasteiger partial charge in [-0.15, -0.1) is 0 Å². The number of rotatable bonds is 4. The Morgan fingerprint density at radius 3 is 2.22 bits per heavy atom. The normalized spacial score (nSPS) is 13.2. The zero-order chi connectivity index (χ0) is 27.2. The molecule has 4 nitrogen and oxygen atoms in total. The van der Waals surface area contributed by atoms with E-state index >= 15 is 0 Å². The zero-order valence-electron chi connectivity index (χ0n) is 22.3. The van der Waals surface area contributed by atoms with Crippen molar-refractivity contribution < 1.29 is 4.42 Å². The Hall–Kier alpha value is -5.35. The van der Waals surface area contributed by atoms with Crippen LogP contribution in [0.25, 0.3) is 72.2 Å². The van der Waals surface area contributed by atoms with E-state index in [1.165, 1.54) is 10.8 Å². The maximum Gasteiger partial charge on any atom is 0.165 e. The maximum absolute atomic E-state index is 6.34. The van der Waals surface area contributed by atoms with Crippen LogP contribution in [0.3, 0.4) is 0 Å². The first kappa shape index (κ1) is 23.5. The molecule has 194 valence electrons. The molecule has 4 heteroatoms. The minimum atomic E-state index is 0.633. The zero-order valence-corrected chi connectivity index (χ0v) is 22.3. The molecule has 41 heavy (non-hydrogen) atoms. The topological polar surface area (TPSA) is 51.8 Å². The second-order valence-corrected chi connectivity index (χ2v) is 10.3. The third-order valence-electron chi connectivity index (χ3n) is 7.75. The molecule has 5 aromatic carbocycles. The Morgan fingerprint density at radius 1 is 0.561 bits per heavy atom. The van der Waals surface area contributed by atoms with Gasteiger partial charge in [0.05, 0.1) is 0 Å². The monoisotopic (exact) mass is 527 g/mol. The molecular formula is C37H25N3O. The van der Waals surface area contributed by atoms with Crippen LogP contribution in [0, 0.1) is 0 Å². The van der Waals surface area contributed by atoms with E-state index in [1.807, 2.05) is 42.5 Å². The second kappa shape index (κ2) is 9.68. The van der Waals surface area contributed by atoms with Gasteiger partial charge in [0.2, 0.25) is 0 Å². The number of hydrogen-bond donors (Lipinski definition) is 0. The number of aromatic nitrogens is 3. The highest BCUT2D eigenvalue weighted by Crippen LogP contribution is 2.42. The summed E-state index contributed by atoms with van der Waals surface area (Å²) in [5.74, 6) is 1.97. The lowest BCUT2D eigenvalue weighted by Crippen LogP contribution is -2.04. The first-order valence-electron chi connectivity index (χ1n) is 13.9. The van der Waals surface area contributed by atoms with Crippen molar-refractivity contribution in [2.75, 3.05) is 0 Å². The number of para-hydroxylation sites is 1. The van der Waals surface area contributed by atoms with Crippen molar-refractivity contribution >= 4 is 38.3 Å². The molecular weight excluding hydrogens is 502 g/mol. The number of benzene rings is 5. The molecule has 1 aliphatic carbocycles. The molecule has 0 saturated heterocycles. The van der Waals surface area contributed by atoms with Crippen molar-refractivity contribution in [3.63, 3.8) is 0 Å². The third-order valence-corrected chi connectivity index (χ3v) is 7.75. The van der Waals surface area contributed by atoms with Gasteiger partial charge in [0.15, 0.2) is 17.5 Å². The summed E-state index contributed by atoms with van der Waals surface area (Å²) in [4.78, 5) is 15.3. The molecule has 0 bridgehead atoms. The molecule has 2 heterocycles. The third kappa shape index (κ3) is 4.12. The lowest BCUT2D eigenvalue weighted by Gasteiger charge is -2.14. The maximum atomic E-state index is 6.34. The number of fused-ring (bicyclic) bond motifs is 4. The minimum absolute atomic E-state index is 0.633. The molecule has 2 aromatic heterocycles. The summed E-state index contributed by atoms with van der Waals surface area (Å²) in [5, 5.41) is 4.44. The SMILES string of the molecule is C1=CC(c2nc(-c3ccccc3)nc(-c3c(-c4ccc5ccccc5c4)ccc4oc5ccccc5c34)n2)=CCC1. The highest BCUT2D eigenvalue weighted by atomic mass is 16.3. The molecule has 0 atom stereocenters. The van der Waals surface area contributed by atoms with Gasteiger partial charge < -0.3 is 4.42 Å². The molecule has 7 aromatic rings. The molecule has 0 fully saturated rings. The summed E-state index contributed by atoms with van der Waals surface area (Å²) < 4.78 is 6.34. The van der Waals surface area contributed by atoms with Crippen LogP contribution in [-0.4, -0.2) is 15.0 Å². The van der Waals surface area contributed by atoms with Crippen LogP contribution in [0.2, 0.25) is 0 Å². The van der Waals surface area contributed by atoms with E-state index in [0.717, 1.165) is 62.6 Å². The molecule has 0 spiro atoms. The average molecular weight is 528 g/mol. The van der Waals surface area contributed by atoms with Gasteiger partial charge in [-0.1, -0.05) is 103 Å². The smallest absolute Gasteiger partial charge is 0.165 e. The van der Waals surface area contributed by atoms with Crippen LogP contribution in [-0.2, 0) is 0 Å². The first-order chi connectivity index (χ1) is 20.3. The fourth-order valence-corrected chi connectivity index (χ4v) is 5.76. The number of hydrogen-bond acceptors (Lipinski definition) is 4. The van der Waals surface area contributed by atoms with E-state index in [2.05, 4.69) is 85.0 Å². The van der Waals surface area contributed by atoms with Crippen LogP contribution >= 0.6 is 0 Å². The van der Waals surface area contributed by atoms with Crippen molar-refractivity contribution in [1.29, 1.82) is 0 Å². The fraction of sp³-hybridized carbons (Fsp3) is 0.0541. The molecule has 0 saturated carbocycles. The van der Waals surface area contributed by atoms with E-state index in [9.17, 15) is 0 Å². The summed E-state index contributed by atoms with van der Waals surface area (Å²) >= 11 is 0. The van der Waals surface area contributed by atoms with Crippen LogP contribution in [0.5, 0.6) is 0 Å². The first-order valence-corrected chi connectivity index (χ1v) is 13.9. The van der Waals surface area contributed by atoms with Crippen molar-refractivity contribution in [2.45, 2.75) is 12.8 Å². The van der Waals surface area contributed by atoms with Crippen molar-refractivity contribution in [3.8, 4) is 33.9 Å². The predicted octanol–water partition coefficient (Wildman–Crippen LogP) is 9.66. The van der Waals surface area contributed by atoms with Crippen molar-refractivity contribution in [1.82, 2.24) is 15.0 Å². The summed E-state index contributed by atoms with van der Waals surface area (Å²) in [5.41, 5.74) is 6.73. The summed E-state index contributed by atoms with van der Waals surface area (Å²) in [7, 11) is 0. The molecule has 0 radical (unpaired) electrons. The van der Waals surface area contributed by atoms with Crippen molar-refractivity contribution in [3.05, 3.63) is 133 Å². The predicted molar refractivity (Wildman–Crippen MR) is 167 cm³/mol. The fourth-order valence-electron chi connectivity index (χ4n) is 5.76. The van der Waals surface area contributed by atoms with Gasteiger partial charge in [-0.2, -0.15) is 0 Å². The van der Waals surface area contributed by atoms with E-state index < -0.39 is 0 Å². The van der Waals surface area contributed by atoms with Gasteiger partial charge >= 0.3 is 0 Å². The molecule has 0 aliphatic heterocycles. The standard InChI is InChI=1S/C37H25N3O/c1-3-12-25(13-4-1)35-38-36(26-14-5-2-6-15-26)40-37(39-35)34-29(28-20-19-24-11-7-8-16-27(24)23-28)21-22-32-33(34)30-17-9-10-18-31(30)41-32/h1,3-5,7-23H,2,6H2. The van der Waals surface area contributed by atoms with Crippen LogP contribution in [0.1, 0.15) is 18.7 Å². The molecule has 0 amide bonds. The summed E-state index contributed by atoms with van der Waals surface area (Å²) in [6, 6.07) is 37.6. The van der Waals surface area contributed by atoms with Gasteiger partial charge in [-0.3, -0.25) is 0 Å².